The molecule has 0 N–H and O–H groups in total. The van der Waals surface area contributed by atoms with Gasteiger partial charge >= 0.3 is 0 Å². The second-order valence-corrected chi connectivity index (χ2v) is 4.77. The van der Waals surface area contributed by atoms with E-state index in [-0.39, 0.29) is 0 Å². The Labute approximate surface area is 92.3 Å². The number of rotatable bonds is 2. The number of pyridine rings is 1. The number of piperidine rings is 1. The van der Waals surface area contributed by atoms with Gasteiger partial charge in [0.25, 0.3) is 0 Å². The summed E-state index contributed by atoms with van der Waals surface area (Å²) in [6.45, 7) is 7.08. The van der Waals surface area contributed by atoms with Gasteiger partial charge in [0.2, 0.25) is 0 Å². The van der Waals surface area contributed by atoms with Crippen molar-refractivity contribution in [2.24, 2.45) is 11.8 Å². The standard InChI is InChI=1S/C13H20N2/c1-11(2)12-5-9-15(10-6-12)13-3-7-14-8-4-13/h3-4,7-8,11-12H,5-6,9-10H2,1-2H3. The third-order valence-corrected chi connectivity index (χ3v) is 3.51. The first-order valence-corrected chi connectivity index (χ1v) is 5.92. The molecule has 0 bridgehead atoms. The van der Waals surface area contributed by atoms with Crippen LogP contribution in [-0.4, -0.2) is 18.1 Å². The Morgan fingerprint density at radius 3 is 2.33 bits per heavy atom. The van der Waals surface area contributed by atoms with Gasteiger partial charge in [-0.05, 0) is 36.8 Å². The maximum Gasteiger partial charge on any atom is 0.0397 e. The Kier molecular flexibility index (Phi) is 3.24. The molecule has 2 nitrogen and oxygen atoms in total. The Morgan fingerprint density at radius 1 is 1.20 bits per heavy atom. The lowest BCUT2D eigenvalue weighted by Gasteiger charge is -2.35. The summed E-state index contributed by atoms with van der Waals surface area (Å²) in [4.78, 5) is 6.53. The van der Waals surface area contributed by atoms with Crippen LogP contribution in [0.3, 0.4) is 0 Å². The first kappa shape index (κ1) is 10.5. The Morgan fingerprint density at radius 2 is 1.80 bits per heavy atom. The Hall–Kier alpha value is -1.05. The van der Waals surface area contributed by atoms with Crippen molar-refractivity contribution in [1.82, 2.24) is 4.98 Å². The van der Waals surface area contributed by atoms with Gasteiger partial charge in [-0.25, -0.2) is 0 Å². The summed E-state index contributed by atoms with van der Waals surface area (Å²) < 4.78 is 0. The van der Waals surface area contributed by atoms with E-state index in [2.05, 4.69) is 35.9 Å². The maximum atomic E-state index is 4.06. The minimum Gasteiger partial charge on any atom is -0.371 e. The van der Waals surface area contributed by atoms with Gasteiger partial charge in [0, 0.05) is 31.2 Å². The number of anilines is 1. The van der Waals surface area contributed by atoms with Crippen molar-refractivity contribution in [3.63, 3.8) is 0 Å². The molecule has 0 aromatic carbocycles. The smallest absolute Gasteiger partial charge is 0.0397 e. The number of aromatic nitrogens is 1. The van der Waals surface area contributed by atoms with Crippen molar-refractivity contribution in [3.8, 4) is 0 Å². The summed E-state index contributed by atoms with van der Waals surface area (Å²) in [5.41, 5.74) is 1.33. The van der Waals surface area contributed by atoms with Crippen LogP contribution in [0.1, 0.15) is 26.7 Å². The van der Waals surface area contributed by atoms with E-state index >= 15 is 0 Å². The van der Waals surface area contributed by atoms with Crippen LogP contribution in [0.25, 0.3) is 0 Å². The Bertz CT molecular complexity index is 287. The van der Waals surface area contributed by atoms with Gasteiger partial charge in [0.15, 0.2) is 0 Å². The predicted octanol–water partition coefficient (Wildman–Crippen LogP) is 2.95. The fraction of sp³-hybridized carbons (Fsp3) is 0.615. The molecule has 0 saturated carbocycles. The molecule has 0 amide bonds. The van der Waals surface area contributed by atoms with E-state index in [1.54, 1.807) is 0 Å². The van der Waals surface area contributed by atoms with Crippen LogP contribution in [0.2, 0.25) is 0 Å². The molecule has 2 heteroatoms. The van der Waals surface area contributed by atoms with E-state index in [1.165, 1.54) is 31.6 Å². The zero-order chi connectivity index (χ0) is 10.7. The highest BCUT2D eigenvalue weighted by atomic mass is 15.1. The lowest BCUT2D eigenvalue weighted by Crippen LogP contribution is -2.35. The molecule has 0 unspecified atom stereocenters. The third-order valence-electron chi connectivity index (χ3n) is 3.51. The molecule has 15 heavy (non-hydrogen) atoms. The van der Waals surface area contributed by atoms with Gasteiger partial charge in [0.05, 0.1) is 0 Å². The average Bonchev–Trinajstić information content (AvgIpc) is 2.30. The van der Waals surface area contributed by atoms with Crippen molar-refractivity contribution < 1.29 is 0 Å². The quantitative estimate of drug-likeness (QED) is 0.736. The van der Waals surface area contributed by atoms with E-state index in [0.29, 0.717) is 0 Å². The van der Waals surface area contributed by atoms with E-state index in [0.717, 1.165) is 11.8 Å². The molecular weight excluding hydrogens is 184 g/mol. The fourth-order valence-corrected chi connectivity index (χ4v) is 2.38. The van der Waals surface area contributed by atoms with Gasteiger partial charge in [0.1, 0.15) is 0 Å². The molecule has 1 aliphatic heterocycles. The predicted molar refractivity (Wildman–Crippen MR) is 64.0 cm³/mol. The van der Waals surface area contributed by atoms with E-state index < -0.39 is 0 Å². The second kappa shape index (κ2) is 4.65. The SMILES string of the molecule is CC(C)C1CCN(c2ccncc2)CC1. The van der Waals surface area contributed by atoms with E-state index in [9.17, 15) is 0 Å². The maximum absolute atomic E-state index is 4.06. The molecule has 2 rings (SSSR count). The van der Waals surface area contributed by atoms with Crippen molar-refractivity contribution in [3.05, 3.63) is 24.5 Å². The summed E-state index contributed by atoms with van der Waals surface area (Å²) in [5, 5.41) is 0. The fourth-order valence-electron chi connectivity index (χ4n) is 2.38. The van der Waals surface area contributed by atoms with Crippen LogP contribution in [0.4, 0.5) is 5.69 Å². The Balaban J connectivity index is 1.94. The van der Waals surface area contributed by atoms with Crippen molar-refractivity contribution >= 4 is 5.69 Å². The molecule has 0 atom stereocenters. The van der Waals surface area contributed by atoms with Gasteiger partial charge in [-0.15, -0.1) is 0 Å². The summed E-state index contributed by atoms with van der Waals surface area (Å²) in [6.07, 6.45) is 6.42. The summed E-state index contributed by atoms with van der Waals surface area (Å²) in [5.74, 6) is 1.76. The van der Waals surface area contributed by atoms with Crippen LogP contribution in [-0.2, 0) is 0 Å². The van der Waals surface area contributed by atoms with Crippen molar-refractivity contribution in [2.45, 2.75) is 26.7 Å². The highest BCUT2D eigenvalue weighted by Gasteiger charge is 2.21. The molecule has 1 aliphatic rings. The third kappa shape index (κ3) is 2.49. The van der Waals surface area contributed by atoms with Gasteiger partial charge < -0.3 is 4.90 Å². The molecule has 0 spiro atoms. The van der Waals surface area contributed by atoms with E-state index in [4.69, 9.17) is 0 Å². The number of hydrogen-bond acceptors (Lipinski definition) is 2. The first-order valence-electron chi connectivity index (χ1n) is 5.92. The van der Waals surface area contributed by atoms with Crippen LogP contribution >= 0.6 is 0 Å². The van der Waals surface area contributed by atoms with Crippen molar-refractivity contribution in [2.75, 3.05) is 18.0 Å². The molecule has 2 heterocycles. The molecule has 82 valence electrons. The molecular formula is C13H20N2. The summed E-state index contributed by atoms with van der Waals surface area (Å²) >= 11 is 0. The molecule has 1 aromatic rings. The largest absolute Gasteiger partial charge is 0.371 e. The zero-order valence-electron chi connectivity index (χ0n) is 9.69. The van der Waals surface area contributed by atoms with Gasteiger partial charge in [-0.2, -0.15) is 0 Å². The minimum atomic E-state index is 0.838. The molecule has 0 aliphatic carbocycles. The molecule has 1 saturated heterocycles. The summed E-state index contributed by atoms with van der Waals surface area (Å²) in [7, 11) is 0. The van der Waals surface area contributed by atoms with Crippen molar-refractivity contribution in [1.29, 1.82) is 0 Å². The van der Waals surface area contributed by atoms with Gasteiger partial charge in [-0.1, -0.05) is 13.8 Å². The summed E-state index contributed by atoms with van der Waals surface area (Å²) in [6, 6.07) is 4.21. The normalized spacial score (nSPS) is 18.5. The number of hydrogen-bond donors (Lipinski definition) is 0. The van der Waals surface area contributed by atoms with Crippen LogP contribution in [0, 0.1) is 11.8 Å². The highest BCUT2D eigenvalue weighted by molar-refractivity contribution is 5.44. The van der Waals surface area contributed by atoms with Crippen LogP contribution < -0.4 is 4.90 Å². The lowest BCUT2D eigenvalue weighted by atomic mass is 9.86. The topological polar surface area (TPSA) is 16.1 Å². The first-order chi connectivity index (χ1) is 7.27. The second-order valence-electron chi connectivity index (χ2n) is 4.77. The van der Waals surface area contributed by atoms with Crippen LogP contribution in [0.15, 0.2) is 24.5 Å². The highest BCUT2D eigenvalue weighted by Crippen LogP contribution is 2.27. The average molecular weight is 204 g/mol. The monoisotopic (exact) mass is 204 g/mol. The van der Waals surface area contributed by atoms with E-state index in [1.807, 2.05) is 12.4 Å². The van der Waals surface area contributed by atoms with Crippen LogP contribution in [0.5, 0.6) is 0 Å². The minimum absolute atomic E-state index is 0.838. The molecule has 1 fully saturated rings. The lowest BCUT2D eigenvalue weighted by molar-refractivity contribution is 0.311. The van der Waals surface area contributed by atoms with Gasteiger partial charge in [-0.3, -0.25) is 4.98 Å². The zero-order valence-corrected chi connectivity index (χ0v) is 9.69. The molecule has 0 radical (unpaired) electrons. The molecule has 1 aromatic heterocycles. The number of nitrogens with zero attached hydrogens (tertiary/aromatic N) is 2.